The van der Waals surface area contributed by atoms with E-state index in [0.29, 0.717) is 32.8 Å². The summed E-state index contributed by atoms with van der Waals surface area (Å²) in [7, 11) is 0. The van der Waals surface area contributed by atoms with Crippen molar-refractivity contribution in [3.63, 3.8) is 0 Å². The van der Waals surface area contributed by atoms with Crippen LogP contribution in [0.3, 0.4) is 0 Å². The molecule has 30 heavy (non-hydrogen) atoms. The lowest BCUT2D eigenvalue weighted by Crippen LogP contribution is -2.55. The summed E-state index contributed by atoms with van der Waals surface area (Å²) in [5.41, 5.74) is 0. The van der Waals surface area contributed by atoms with E-state index in [9.17, 15) is 9.59 Å². The Balaban J connectivity index is 0.00000320. The fourth-order valence-corrected chi connectivity index (χ4v) is 4.14. The highest BCUT2D eigenvalue weighted by molar-refractivity contribution is 14.0. The summed E-state index contributed by atoms with van der Waals surface area (Å²) in [5.74, 6) is 0.981. The number of halogens is 1. The van der Waals surface area contributed by atoms with Crippen molar-refractivity contribution in [1.82, 2.24) is 20.4 Å². The molecule has 1 atom stereocenters. The van der Waals surface area contributed by atoms with Crippen LogP contribution in [0.25, 0.3) is 0 Å². The zero-order valence-corrected chi connectivity index (χ0v) is 20.6. The summed E-state index contributed by atoms with van der Waals surface area (Å²) in [6.45, 7) is 7.70. The predicted molar refractivity (Wildman–Crippen MR) is 130 cm³/mol. The zero-order chi connectivity index (χ0) is 20.5. The molecule has 2 N–H and O–H groups in total. The van der Waals surface area contributed by atoms with Crippen molar-refractivity contribution in [1.29, 1.82) is 0 Å². The van der Waals surface area contributed by atoms with Crippen LogP contribution < -0.4 is 10.6 Å². The maximum atomic E-state index is 12.5. The minimum absolute atomic E-state index is 0. The average molecular weight is 549 g/mol. The molecule has 2 aliphatic heterocycles. The minimum Gasteiger partial charge on any atom is -0.368 e. The molecule has 2 saturated heterocycles. The molecule has 3 rings (SSSR count). The molecule has 3 heterocycles. The first-order chi connectivity index (χ1) is 14.2. The van der Waals surface area contributed by atoms with Crippen molar-refractivity contribution < 1.29 is 14.3 Å². The first-order valence-electron chi connectivity index (χ1n) is 10.4. The number of hydrogen-bond donors (Lipinski definition) is 2. The van der Waals surface area contributed by atoms with Crippen LogP contribution in [0, 0.1) is 0 Å². The highest BCUT2D eigenvalue weighted by Gasteiger charge is 2.30. The number of hydrogen-bond acceptors (Lipinski definition) is 5. The quantitative estimate of drug-likeness (QED) is 0.235. The lowest BCUT2D eigenvalue weighted by molar-refractivity contribution is -0.142. The number of nitrogens with zero attached hydrogens (tertiary/aromatic N) is 3. The lowest BCUT2D eigenvalue weighted by Gasteiger charge is -2.37. The van der Waals surface area contributed by atoms with Crippen LogP contribution in [0.5, 0.6) is 0 Å². The summed E-state index contributed by atoms with van der Waals surface area (Å²) in [6.07, 6.45) is 2.35. The molecule has 8 nitrogen and oxygen atoms in total. The second-order valence-electron chi connectivity index (χ2n) is 7.14. The number of thiophene rings is 1. The van der Waals surface area contributed by atoms with Gasteiger partial charge in [-0.05, 0) is 37.6 Å². The van der Waals surface area contributed by atoms with Crippen LogP contribution in [0.2, 0.25) is 0 Å². The standard InChI is InChI=1S/C20H31N5O3S.HI/c1-2-21-20(23-9-5-8-22-18(26)17-7-4-15-29-17)25-12-10-24(11-13-25)19(27)16-6-3-14-28-16;/h4,7,15-16H,2-3,5-6,8-14H2,1H3,(H,21,23)(H,22,26);1H. The van der Waals surface area contributed by atoms with Gasteiger partial charge in [0.2, 0.25) is 0 Å². The van der Waals surface area contributed by atoms with Gasteiger partial charge in [0.1, 0.15) is 6.10 Å². The van der Waals surface area contributed by atoms with Gasteiger partial charge in [-0.15, -0.1) is 35.3 Å². The Morgan fingerprint density at radius 2 is 2.00 bits per heavy atom. The molecule has 0 saturated carbocycles. The number of carbonyl (C=O) groups is 2. The number of rotatable bonds is 7. The molecule has 10 heteroatoms. The molecule has 0 aromatic carbocycles. The van der Waals surface area contributed by atoms with Gasteiger partial charge in [-0.25, -0.2) is 0 Å². The topological polar surface area (TPSA) is 86.3 Å². The molecule has 168 valence electrons. The van der Waals surface area contributed by atoms with E-state index < -0.39 is 0 Å². The maximum Gasteiger partial charge on any atom is 0.261 e. The SMILES string of the molecule is CCNC(=NCCCNC(=O)c1cccs1)N1CCN(C(=O)C2CCCO2)CC1.I. The maximum absolute atomic E-state index is 12.5. The molecule has 1 aromatic heterocycles. The van der Waals surface area contributed by atoms with E-state index in [4.69, 9.17) is 9.73 Å². The summed E-state index contributed by atoms with van der Waals surface area (Å²) < 4.78 is 5.53. The molecule has 2 fully saturated rings. The van der Waals surface area contributed by atoms with Gasteiger partial charge >= 0.3 is 0 Å². The van der Waals surface area contributed by atoms with Crippen LogP contribution in [-0.4, -0.2) is 86.1 Å². The fraction of sp³-hybridized carbons (Fsp3) is 0.650. The molecular formula is C20H32IN5O3S. The summed E-state index contributed by atoms with van der Waals surface area (Å²) in [6, 6.07) is 3.70. The van der Waals surface area contributed by atoms with E-state index in [1.807, 2.05) is 29.3 Å². The van der Waals surface area contributed by atoms with Gasteiger partial charge < -0.3 is 25.2 Å². The largest absolute Gasteiger partial charge is 0.368 e. The Morgan fingerprint density at radius 3 is 2.63 bits per heavy atom. The summed E-state index contributed by atoms with van der Waals surface area (Å²) in [5, 5.41) is 8.16. The molecule has 0 aliphatic carbocycles. The summed E-state index contributed by atoms with van der Waals surface area (Å²) >= 11 is 1.44. The Labute approximate surface area is 199 Å². The second-order valence-corrected chi connectivity index (χ2v) is 8.08. The van der Waals surface area contributed by atoms with Crippen molar-refractivity contribution in [3.8, 4) is 0 Å². The number of ether oxygens (including phenoxy) is 1. The Morgan fingerprint density at radius 1 is 1.23 bits per heavy atom. The predicted octanol–water partition coefficient (Wildman–Crippen LogP) is 1.77. The van der Waals surface area contributed by atoms with E-state index in [1.165, 1.54) is 11.3 Å². The minimum atomic E-state index is -0.243. The van der Waals surface area contributed by atoms with Gasteiger partial charge in [0.25, 0.3) is 11.8 Å². The zero-order valence-electron chi connectivity index (χ0n) is 17.5. The Kier molecular flexibility index (Phi) is 10.9. The third-order valence-electron chi connectivity index (χ3n) is 5.06. The smallest absolute Gasteiger partial charge is 0.261 e. The van der Waals surface area contributed by atoms with Gasteiger partial charge in [-0.1, -0.05) is 6.07 Å². The first kappa shape index (κ1) is 24.9. The lowest BCUT2D eigenvalue weighted by atomic mass is 10.2. The van der Waals surface area contributed by atoms with Crippen molar-refractivity contribution in [3.05, 3.63) is 22.4 Å². The van der Waals surface area contributed by atoms with Gasteiger partial charge in [0.15, 0.2) is 5.96 Å². The van der Waals surface area contributed by atoms with Gasteiger partial charge in [0.05, 0.1) is 4.88 Å². The number of carbonyl (C=O) groups excluding carboxylic acids is 2. The number of amides is 2. The monoisotopic (exact) mass is 549 g/mol. The molecule has 0 radical (unpaired) electrons. The van der Waals surface area contributed by atoms with Crippen LogP contribution in [0.4, 0.5) is 0 Å². The number of nitrogens with one attached hydrogen (secondary N) is 2. The third kappa shape index (κ3) is 7.09. The summed E-state index contributed by atoms with van der Waals surface area (Å²) in [4.78, 5) is 34.0. The normalized spacial score (nSPS) is 19.4. The van der Waals surface area contributed by atoms with Crippen LogP contribution in [0.15, 0.2) is 22.5 Å². The van der Waals surface area contributed by atoms with Crippen molar-refractivity contribution in [2.75, 3.05) is 52.4 Å². The van der Waals surface area contributed by atoms with E-state index in [-0.39, 0.29) is 41.9 Å². The highest BCUT2D eigenvalue weighted by Crippen LogP contribution is 2.16. The van der Waals surface area contributed by atoms with Gasteiger partial charge in [0, 0.05) is 52.4 Å². The van der Waals surface area contributed by atoms with Crippen molar-refractivity contribution >= 4 is 53.1 Å². The average Bonchev–Trinajstić information content (AvgIpc) is 3.46. The molecule has 1 unspecified atom stereocenters. The Hall–Kier alpha value is -1.40. The van der Waals surface area contributed by atoms with E-state index in [2.05, 4.69) is 15.5 Å². The molecular weight excluding hydrogens is 517 g/mol. The molecule has 0 bridgehead atoms. The van der Waals surface area contributed by atoms with Crippen LogP contribution in [0.1, 0.15) is 35.9 Å². The molecule has 0 spiro atoms. The van der Waals surface area contributed by atoms with Gasteiger partial charge in [-0.3, -0.25) is 14.6 Å². The van der Waals surface area contributed by atoms with Gasteiger partial charge in [-0.2, -0.15) is 0 Å². The first-order valence-corrected chi connectivity index (χ1v) is 11.3. The van der Waals surface area contributed by atoms with E-state index >= 15 is 0 Å². The third-order valence-corrected chi connectivity index (χ3v) is 5.93. The van der Waals surface area contributed by atoms with Crippen molar-refractivity contribution in [2.24, 2.45) is 4.99 Å². The van der Waals surface area contributed by atoms with Crippen molar-refractivity contribution in [2.45, 2.75) is 32.3 Å². The van der Waals surface area contributed by atoms with Crippen LogP contribution >= 0.6 is 35.3 Å². The van der Waals surface area contributed by atoms with E-state index in [0.717, 1.165) is 49.7 Å². The molecule has 2 amide bonds. The molecule has 2 aliphatic rings. The second kappa shape index (κ2) is 13.1. The number of aliphatic imine (C=N–C) groups is 1. The molecule has 1 aromatic rings. The fourth-order valence-electron chi connectivity index (χ4n) is 3.50. The number of guanidine groups is 1. The Bertz CT molecular complexity index is 687. The highest BCUT2D eigenvalue weighted by atomic mass is 127. The van der Waals surface area contributed by atoms with Crippen LogP contribution in [-0.2, 0) is 9.53 Å². The van der Waals surface area contributed by atoms with E-state index in [1.54, 1.807) is 0 Å². The number of piperazine rings is 1.